The second-order valence-corrected chi connectivity index (χ2v) is 6.90. The van der Waals surface area contributed by atoms with Crippen molar-refractivity contribution in [2.45, 2.75) is 6.54 Å². The lowest BCUT2D eigenvalue weighted by atomic mass is 10.1. The number of ether oxygens (including phenoxy) is 1. The van der Waals surface area contributed by atoms with Gasteiger partial charge < -0.3 is 9.84 Å². The molecular formula is C23H20N4O2. The largest absolute Gasteiger partial charge is 0.504 e. The van der Waals surface area contributed by atoms with E-state index in [0.717, 1.165) is 28.0 Å². The van der Waals surface area contributed by atoms with Gasteiger partial charge in [0.1, 0.15) is 0 Å². The Kier molecular flexibility index (Phi) is 4.09. The van der Waals surface area contributed by atoms with E-state index in [1.54, 1.807) is 12.1 Å². The molecule has 1 aliphatic heterocycles. The van der Waals surface area contributed by atoms with Crippen LogP contribution in [0.1, 0.15) is 11.3 Å². The molecule has 0 fully saturated rings. The normalized spacial score (nSPS) is 12.8. The number of fused-ring (bicyclic) bond motifs is 2. The number of rotatable bonds is 4. The van der Waals surface area contributed by atoms with Crippen molar-refractivity contribution in [3.63, 3.8) is 0 Å². The minimum atomic E-state index is 0.0972. The molecule has 0 saturated carbocycles. The van der Waals surface area contributed by atoms with E-state index in [1.807, 2.05) is 46.4 Å². The Hall–Kier alpha value is -3.93. The van der Waals surface area contributed by atoms with Crippen LogP contribution in [0, 0.1) is 0 Å². The van der Waals surface area contributed by atoms with Gasteiger partial charge in [0.2, 0.25) is 0 Å². The number of methoxy groups -OCH3 is 1. The number of hydrogen-bond donors (Lipinski definition) is 2. The standard InChI is InChI=1S/C23H20N4O2/c1-29-23-10-9-18(13-22(23)28)25-26-12-11-17-14-24-27(21(17)15-26)20-8-4-6-16-5-2-3-7-19(16)20/h2-14,25,28H,15H2,1H3. The number of aromatic nitrogens is 2. The van der Waals surface area contributed by atoms with Crippen molar-refractivity contribution in [1.29, 1.82) is 0 Å². The van der Waals surface area contributed by atoms with Gasteiger partial charge in [-0.15, -0.1) is 0 Å². The van der Waals surface area contributed by atoms with Crippen molar-refractivity contribution < 1.29 is 9.84 Å². The van der Waals surface area contributed by atoms with E-state index in [2.05, 4.69) is 40.9 Å². The van der Waals surface area contributed by atoms with Crippen LogP contribution in [0.3, 0.4) is 0 Å². The van der Waals surface area contributed by atoms with Crippen molar-refractivity contribution in [2.24, 2.45) is 0 Å². The molecule has 6 nitrogen and oxygen atoms in total. The zero-order valence-electron chi connectivity index (χ0n) is 15.9. The van der Waals surface area contributed by atoms with Crippen LogP contribution in [0.5, 0.6) is 11.5 Å². The SMILES string of the molecule is COc1ccc(NN2C=Cc3cnn(-c4cccc5ccccc45)c3C2)cc1O. The maximum absolute atomic E-state index is 10.0. The number of anilines is 1. The highest BCUT2D eigenvalue weighted by Crippen LogP contribution is 2.30. The van der Waals surface area contributed by atoms with Crippen LogP contribution in [-0.2, 0) is 6.54 Å². The maximum atomic E-state index is 10.0. The van der Waals surface area contributed by atoms with E-state index in [4.69, 9.17) is 4.74 Å². The smallest absolute Gasteiger partial charge is 0.160 e. The van der Waals surface area contributed by atoms with Gasteiger partial charge in [0.25, 0.3) is 0 Å². The summed E-state index contributed by atoms with van der Waals surface area (Å²) in [7, 11) is 1.53. The first-order valence-corrected chi connectivity index (χ1v) is 9.36. The molecular weight excluding hydrogens is 364 g/mol. The molecule has 144 valence electrons. The molecule has 0 saturated heterocycles. The molecule has 2 heterocycles. The molecule has 1 aliphatic rings. The van der Waals surface area contributed by atoms with Crippen LogP contribution in [0.4, 0.5) is 5.69 Å². The molecule has 0 amide bonds. The molecule has 3 aromatic carbocycles. The number of nitrogens with zero attached hydrogens (tertiary/aromatic N) is 3. The summed E-state index contributed by atoms with van der Waals surface area (Å²) >= 11 is 0. The van der Waals surface area contributed by atoms with E-state index in [1.165, 1.54) is 12.5 Å². The number of phenols is 1. The lowest BCUT2D eigenvalue weighted by molar-refractivity contribution is 0.373. The van der Waals surface area contributed by atoms with Gasteiger partial charge in [-0.1, -0.05) is 36.4 Å². The molecule has 0 radical (unpaired) electrons. The molecule has 5 rings (SSSR count). The fraction of sp³-hybridized carbons (Fsp3) is 0.0870. The Bertz CT molecular complexity index is 1220. The first-order chi connectivity index (χ1) is 14.2. The van der Waals surface area contributed by atoms with Crippen LogP contribution < -0.4 is 10.2 Å². The van der Waals surface area contributed by atoms with Crippen LogP contribution in [0.15, 0.2) is 73.1 Å². The Morgan fingerprint density at radius 3 is 2.79 bits per heavy atom. The molecule has 0 bridgehead atoms. The van der Waals surface area contributed by atoms with Crippen molar-refractivity contribution in [3.8, 4) is 17.2 Å². The Morgan fingerprint density at radius 1 is 1.07 bits per heavy atom. The zero-order chi connectivity index (χ0) is 19.8. The van der Waals surface area contributed by atoms with Crippen LogP contribution in [-0.4, -0.2) is 27.0 Å². The van der Waals surface area contributed by atoms with E-state index in [9.17, 15) is 5.11 Å². The van der Waals surface area contributed by atoms with Crippen LogP contribution >= 0.6 is 0 Å². The Morgan fingerprint density at radius 2 is 1.93 bits per heavy atom. The van der Waals surface area contributed by atoms with E-state index in [0.29, 0.717) is 12.3 Å². The molecule has 0 unspecified atom stereocenters. The first kappa shape index (κ1) is 17.2. The molecule has 29 heavy (non-hydrogen) atoms. The first-order valence-electron chi connectivity index (χ1n) is 9.36. The van der Waals surface area contributed by atoms with Crippen molar-refractivity contribution in [2.75, 3.05) is 12.5 Å². The van der Waals surface area contributed by atoms with Gasteiger partial charge in [-0.25, -0.2) is 4.68 Å². The average molecular weight is 384 g/mol. The van der Waals surface area contributed by atoms with Crippen molar-refractivity contribution in [1.82, 2.24) is 14.8 Å². The summed E-state index contributed by atoms with van der Waals surface area (Å²) in [5.74, 6) is 0.543. The molecule has 0 spiro atoms. The Balaban J connectivity index is 1.47. The third kappa shape index (κ3) is 3.04. The van der Waals surface area contributed by atoms with E-state index >= 15 is 0 Å². The summed E-state index contributed by atoms with van der Waals surface area (Å²) in [4.78, 5) is 0. The van der Waals surface area contributed by atoms with E-state index < -0.39 is 0 Å². The van der Waals surface area contributed by atoms with Crippen LogP contribution in [0.2, 0.25) is 0 Å². The predicted octanol–water partition coefficient (Wildman–Crippen LogP) is 4.55. The van der Waals surface area contributed by atoms with Gasteiger partial charge in [0.15, 0.2) is 11.5 Å². The number of aromatic hydroxyl groups is 1. The van der Waals surface area contributed by atoms with Crippen LogP contribution in [0.25, 0.3) is 22.5 Å². The minimum absolute atomic E-state index is 0.0972. The minimum Gasteiger partial charge on any atom is -0.504 e. The van der Waals surface area contributed by atoms with Gasteiger partial charge in [-0.2, -0.15) is 5.10 Å². The summed E-state index contributed by atoms with van der Waals surface area (Å²) in [5, 5.41) is 19.0. The highest BCUT2D eigenvalue weighted by atomic mass is 16.5. The Labute approximate surface area is 168 Å². The highest BCUT2D eigenvalue weighted by molar-refractivity contribution is 5.90. The topological polar surface area (TPSA) is 62.5 Å². The number of benzene rings is 3. The molecule has 4 aromatic rings. The second kappa shape index (κ2) is 6.91. The third-order valence-corrected chi connectivity index (χ3v) is 5.10. The quantitative estimate of drug-likeness (QED) is 0.540. The molecule has 0 atom stereocenters. The fourth-order valence-electron chi connectivity index (χ4n) is 3.67. The maximum Gasteiger partial charge on any atom is 0.160 e. The molecule has 6 heteroatoms. The lowest BCUT2D eigenvalue weighted by Gasteiger charge is -2.26. The summed E-state index contributed by atoms with van der Waals surface area (Å²) in [6.07, 6.45) is 5.90. The lowest BCUT2D eigenvalue weighted by Crippen LogP contribution is -2.27. The second-order valence-electron chi connectivity index (χ2n) is 6.90. The highest BCUT2D eigenvalue weighted by Gasteiger charge is 2.18. The van der Waals surface area contributed by atoms with E-state index in [-0.39, 0.29) is 5.75 Å². The van der Waals surface area contributed by atoms with Gasteiger partial charge in [0, 0.05) is 23.2 Å². The number of phenolic OH excluding ortho intramolecular Hbond substituents is 1. The summed E-state index contributed by atoms with van der Waals surface area (Å²) < 4.78 is 7.11. The monoisotopic (exact) mass is 384 g/mol. The summed E-state index contributed by atoms with van der Waals surface area (Å²) in [6.45, 7) is 0.627. The molecule has 1 aromatic heterocycles. The van der Waals surface area contributed by atoms with Crippen molar-refractivity contribution >= 4 is 22.5 Å². The zero-order valence-corrected chi connectivity index (χ0v) is 15.9. The molecule has 2 N–H and O–H groups in total. The van der Waals surface area contributed by atoms with Gasteiger partial charge in [-0.05, 0) is 29.7 Å². The number of hydrazine groups is 1. The van der Waals surface area contributed by atoms with Gasteiger partial charge >= 0.3 is 0 Å². The number of hydrogen-bond acceptors (Lipinski definition) is 5. The summed E-state index contributed by atoms with van der Waals surface area (Å²) in [6, 6.07) is 19.8. The molecule has 0 aliphatic carbocycles. The van der Waals surface area contributed by atoms with Crippen molar-refractivity contribution in [3.05, 3.63) is 84.3 Å². The predicted molar refractivity (Wildman–Crippen MR) is 114 cm³/mol. The third-order valence-electron chi connectivity index (χ3n) is 5.10. The summed E-state index contributed by atoms with van der Waals surface area (Å²) in [5.41, 5.74) is 7.32. The van der Waals surface area contributed by atoms with Gasteiger partial charge in [-0.3, -0.25) is 10.4 Å². The number of nitrogens with one attached hydrogen (secondary N) is 1. The fourth-order valence-corrected chi connectivity index (χ4v) is 3.67. The average Bonchev–Trinajstić information content (AvgIpc) is 3.16. The van der Waals surface area contributed by atoms with Gasteiger partial charge in [0.05, 0.1) is 36.9 Å².